The third-order valence-corrected chi connectivity index (χ3v) is 3.58. The third kappa shape index (κ3) is 3.09. The lowest BCUT2D eigenvalue weighted by atomic mass is 10.2. The van der Waals surface area contributed by atoms with E-state index in [1.807, 2.05) is 11.7 Å². The fraction of sp³-hybridized carbons (Fsp3) is 0.786. The molecule has 0 spiro atoms. The summed E-state index contributed by atoms with van der Waals surface area (Å²) in [6.45, 7) is 12.2. The normalized spacial score (nSPS) is 23.9. The van der Waals surface area contributed by atoms with E-state index >= 15 is 0 Å². The van der Waals surface area contributed by atoms with Crippen molar-refractivity contribution in [1.82, 2.24) is 15.1 Å². The molecule has 1 aliphatic heterocycles. The molecule has 5 heteroatoms. The molecule has 1 aliphatic rings. The number of nitrogens with one attached hydrogen (secondary N) is 1. The molecule has 2 atom stereocenters. The number of anilines is 1. The average Bonchev–Trinajstić information content (AvgIpc) is 2.59. The van der Waals surface area contributed by atoms with Gasteiger partial charge in [-0.2, -0.15) is 5.10 Å². The van der Waals surface area contributed by atoms with Crippen LogP contribution in [-0.2, 0) is 18.3 Å². The van der Waals surface area contributed by atoms with E-state index in [-0.39, 0.29) is 12.2 Å². The average molecular weight is 266 g/mol. The second kappa shape index (κ2) is 5.92. The predicted molar refractivity (Wildman–Crippen MR) is 77.5 cm³/mol. The van der Waals surface area contributed by atoms with Crippen LogP contribution in [-0.4, -0.2) is 41.6 Å². The zero-order chi connectivity index (χ0) is 14.0. The molecule has 1 saturated heterocycles. The molecule has 1 N–H and O–H groups in total. The molecule has 1 aromatic heterocycles. The molecule has 0 radical (unpaired) electrons. The molecule has 2 unspecified atom stereocenters. The summed E-state index contributed by atoms with van der Waals surface area (Å²) in [4.78, 5) is 2.41. The second-order valence-corrected chi connectivity index (χ2v) is 5.45. The Morgan fingerprint density at radius 3 is 2.53 bits per heavy atom. The maximum Gasteiger partial charge on any atom is 0.131 e. The Labute approximate surface area is 115 Å². The molecule has 5 nitrogen and oxygen atoms in total. The summed E-state index contributed by atoms with van der Waals surface area (Å²) in [5.41, 5.74) is 2.43. The topological polar surface area (TPSA) is 42.3 Å². The summed E-state index contributed by atoms with van der Waals surface area (Å²) in [7, 11) is 2.03. The van der Waals surface area contributed by atoms with Crippen molar-refractivity contribution in [3.8, 4) is 0 Å². The molecular weight excluding hydrogens is 240 g/mol. The highest BCUT2D eigenvalue weighted by Gasteiger charge is 2.27. The van der Waals surface area contributed by atoms with Crippen LogP contribution >= 0.6 is 0 Å². The molecule has 0 aromatic carbocycles. The fourth-order valence-electron chi connectivity index (χ4n) is 2.89. The summed E-state index contributed by atoms with van der Waals surface area (Å²) >= 11 is 0. The van der Waals surface area contributed by atoms with Crippen molar-refractivity contribution in [3.63, 3.8) is 0 Å². The van der Waals surface area contributed by atoms with Gasteiger partial charge in [0, 0.05) is 32.2 Å². The van der Waals surface area contributed by atoms with E-state index in [1.165, 1.54) is 11.4 Å². The summed E-state index contributed by atoms with van der Waals surface area (Å²) in [5, 5.41) is 7.99. The van der Waals surface area contributed by atoms with Crippen molar-refractivity contribution >= 4 is 5.82 Å². The van der Waals surface area contributed by atoms with Crippen molar-refractivity contribution < 1.29 is 4.74 Å². The minimum absolute atomic E-state index is 0.269. The van der Waals surface area contributed by atoms with Gasteiger partial charge in [-0.15, -0.1) is 0 Å². The van der Waals surface area contributed by atoms with E-state index in [2.05, 4.69) is 43.0 Å². The Morgan fingerprint density at radius 1 is 1.32 bits per heavy atom. The molecule has 0 bridgehead atoms. The number of aromatic nitrogens is 2. The molecule has 2 rings (SSSR count). The van der Waals surface area contributed by atoms with Gasteiger partial charge in [-0.1, -0.05) is 6.92 Å². The minimum Gasteiger partial charge on any atom is -0.372 e. The van der Waals surface area contributed by atoms with Gasteiger partial charge in [-0.3, -0.25) is 4.68 Å². The summed E-state index contributed by atoms with van der Waals surface area (Å²) in [6.07, 6.45) is 0.539. The van der Waals surface area contributed by atoms with Gasteiger partial charge >= 0.3 is 0 Å². The van der Waals surface area contributed by atoms with Gasteiger partial charge < -0.3 is 15.0 Å². The van der Waals surface area contributed by atoms with Crippen molar-refractivity contribution in [3.05, 3.63) is 11.3 Å². The number of morpholine rings is 1. The van der Waals surface area contributed by atoms with Gasteiger partial charge in [0.15, 0.2) is 0 Å². The number of ether oxygens (including phenoxy) is 1. The number of hydrogen-bond acceptors (Lipinski definition) is 4. The monoisotopic (exact) mass is 266 g/mol. The van der Waals surface area contributed by atoms with Gasteiger partial charge in [0.05, 0.1) is 17.9 Å². The van der Waals surface area contributed by atoms with Crippen LogP contribution in [0, 0.1) is 6.92 Å². The third-order valence-electron chi connectivity index (χ3n) is 3.58. The SMILES string of the molecule is CCNCc1c(C)nn(C)c1N1CC(C)OC(C)C1. The van der Waals surface area contributed by atoms with Crippen molar-refractivity contribution in [1.29, 1.82) is 0 Å². The van der Waals surface area contributed by atoms with Crippen LogP contribution in [0.15, 0.2) is 0 Å². The fourth-order valence-corrected chi connectivity index (χ4v) is 2.89. The highest BCUT2D eigenvalue weighted by atomic mass is 16.5. The van der Waals surface area contributed by atoms with Gasteiger partial charge in [-0.25, -0.2) is 0 Å². The summed E-state index contributed by atoms with van der Waals surface area (Å²) in [5.74, 6) is 1.24. The Bertz CT molecular complexity index is 419. The predicted octanol–water partition coefficient (Wildman–Crippen LogP) is 1.45. The molecule has 1 aromatic rings. The van der Waals surface area contributed by atoms with Crippen LogP contribution in [0.4, 0.5) is 5.82 Å². The maximum absolute atomic E-state index is 5.82. The molecule has 1 fully saturated rings. The largest absolute Gasteiger partial charge is 0.372 e. The summed E-state index contributed by atoms with van der Waals surface area (Å²) < 4.78 is 7.83. The van der Waals surface area contributed by atoms with E-state index in [1.54, 1.807) is 0 Å². The lowest BCUT2D eigenvalue weighted by Crippen LogP contribution is -2.46. The first kappa shape index (κ1) is 14.3. The van der Waals surface area contributed by atoms with E-state index in [0.29, 0.717) is 0 Å². The van der Waals surface area contributed by atoms with E-state index in [0.717, 1.165) is 31.9 Å². The van der Waals surface area contributed by atoms with Crippen LogP contribution in [0.5, 0.6) is 0 Å². The van der Waals surface area contributed by atoms with Crippen molar-refractivity contribution in [2.45, 2.75) is 46.4 Å². The first-order valence-corrected chi connectivity index (χ1v) is 7.16. The molecular formula is C14H26N4O. The van der Waals surface area contributed by atoms with Crippen LogP contribution in [0.1, 0.15) is 32.0 Å². The van der Waals surface area contributed by atoms with Crippen LogP contribution in [0.3, 0.4) is 0 Å². The van der Waals surface area contributed by atoms with E-state index < -0.39 is 0 Å². The minimum atomic E-state index is 0.269. The van der Waals surface area contributed by atoms with Crippen LogP contribution < -0.4 is 10.2 Å². The molecule has 0 amide bonds. The maximum atomic E-state index is 5.82. The molecule has 0 aliphatic carbocycles. The smallest absolute Gasteiger partial charge is 0.131 e. The van der Waals surface area contributed by atoms with E-state index in [4.69, 9.17) is 4.74 Å². The van der Waals surface area contributed by atoms with Crippen LogP contribution in [0.25, 0.3) is 0 Å². The van der Waals surface area contributed by atoms with Gasteiger partial charge in [-0.05, 0) is 27.3 Å². The zero-order valence-corrected chi connectivity index (χ0v) is 12.7. The summed E-state index contributed by atoms with van der Waals surface area (Å²) in [6, 6.07) is 0. The molecule has 19 heavy (non-hydrogen) atoms. The quantitative estimate of drug-likeness (QED) is 0.896. The number of hydrogen-bond donors (Lipinski definition) is 1. The highest BCUT2D eigenvalue weighted by Crippen LogP contribution is 2.26. The Morgan fingerprint density at radius 2 is 1.95 bits per heavy atom. The number of nitrogens with zero attached hydrogens (tertiary/aromatic N) is 3. The Balaban J connectivity index is 2.27. The van der Waals surface area contributed by atoms with Crippen LogP contribution in [0.2, 0.25) is 0 Å². The van der Waals surface area contributed by atoms with E-state index in [9.17, 15) is 0 Å². The van der Waals surface area contributed by atoms with Crippen molar-refractivity contribution in [2.24, 2.45) is 7.05 Å². The standard InChI is InChI=1S/C14H26N4O/c1-6-15-7-13-12(4)16-17(5)14(13)18-8-10(2)19-11(3)9-18/h10-11,15H,6-9H2,1-5H3. The number of rotatable bonds is 4. The lowest BCUT2D eigenvalue weighted by Gasteiger charge is -2.37. The van der Waals surface area contributed by atoms with Crippen molar-refractivity contribution in [2.75, 3.05) is 24.5 Å². The second-order valence-electron chi connectivity index (χ2n) is 5.45. The molecule has 2 heterocycles. The Hall–Kier alpha value is -1.07. The Kier molecular flexibility index (Phi) is 4.47. The first-order chi connectivity index (χ1) is 9.02. The van der Waals surface area contributed by atoms with Gasteiger partial charge in [0.2, 0.25) is 0 Å². The van der Waals surface area contributed by atoms with Gasteiger partial charge in [0.25, 0.3) is 0 Å². The zero-order valence-electron chi connectivity index (χ0n) is 12.7. The molecule has 108 valence electrons. The highest BCUT2D eigenvalue weighted by molar-refractivity contribution is 5.50. The molecule has 0 saturated carbocycles. The first-order valence-electron chi connectivity index (χ1n) is 7.16. The van der Waals surface area contributed by atoms with Gasteiger partial charge in [0.1, 0.15) is 5.82 Å². The lowest BCUT2D eigenvalue weighted by molar-refractivity contribution is -0.00569. The number of aryl methyl sites for hydroxylation is 2.